The van der Waals surface area contributed by atoms with Crippen LogP contribution in [0.4, 0.5) is 5.13 Å². The molecular weight excluding hydrogens is 819 g/mol. The van der Waals surface area contributed by atoms with Gasteiger partial charge in [-0.2, -0.15) is 8.42 Å². The molecule has 61 heavy (non-hydrogen) atoms. The molecule has 5 atom stereocenters. The Bertz CT molecular complexity index is 2280. The molecular formula is C45H59N5O9S2. The second-order valence-corrected chi connectivity index (χ2v) is 20.9. The van der Waals surface area contributed by atoms with E-state index < -0.39 is 57.0 Å². The van der Waals surface area contributed by atoms with E-state index in [9.17, 15) is 27.6 Å². The Balaban J connectivity index is 1.20. The summed E-state index contributed by atoms with van der Waals surface area (Å²) in [6.45, 7) is 13.9. The lowest BCUT2D eigenvalue weighted by atomic mass is 9.77. The van der Waals surface area contributed by atoms with Crippen molar-refractivity contribution in [1.29, 1.82) is 0 Å². The summed E-state index contributed by atoms with van der Waals surface area (Å²) >= 11 is 1.49. The summed E-state index contributed by atoms with van der Waals surface area (Å²) in [5, 5.41) is 6.99. The molecule has 4 fully saturated rings. The first-order valence-corrected chi connectivity index (χ1v) is 23.8. The number of hydrogen-bond acceptors (Lipinski definition) is 13. The van der Waals surface area contributed by atoms with E-state index in [0.717, 1.165) is 41.8 Å². The molecule has 2 aromatic heterocycles. The minimum Gasteiger partial charge on any atom is -0.497 e. The number of ketones is 1. The van der Waals surface area contributed by atoms with Crippen molar-refractivity contribution in [2.75, 3.05) is 19.0 Å². The monoisotopic (exact) mass is 877 g/mol. The number of anilines is 1. The van der Waals surface area contributed by atoms with Gasteiger partial charge in [-0.1, -0.05) is 26.8 Å². The zero-order valence-electron chi connectivity index (χ0n) is 36.0. The number of fused-ring (bicyclic) bond motifs is 1. The van der Waals surface area contributed by atoms with E-state index in [1.54, 1.807) is 18.1 Å². The zero-order valence-corrected chi connectivity index (χ0v) is 37.7. The molecule has 1 aromatic carbocycles. The van der Waals surface area contributed by atoms with Crippen LogP contribution in [-0.4, -0.2) is 84.8 Å². The van der Waals surface area contributed by atoms with Crippen molar-refractivity contribution in [1.82, 2.24) is 19.6 Å². The number of pyridine rings is 1. The number of esters is 1. The number of amides is 2. The van der Waals surface area contributed by atoms with Gasteiger partial charge in [0.2, 0.25) is 11.8 Å². The van der Waals surface area contributed by atoms with E-state index in [1.165, 1.54) is 11.3 Å². The van der Waals surface area contributed by atoms with Gasteiger partial charge in [-0.05, 0) is 113 Å². The summed E-state index contributed by atoms with van der Waals surface area (Å²) in [6, 6.07) is 7.00. The van der Waals surface area contributed by atoms with Gasteiger partial charge < -0.3 is 19.7 Å². The van der Waals surface area contributed by atoms with Gasteiger partial charge in [0.15, 0.2) is 10.9 Å². The zero-order chi connectivity index (χ0) is 43.9. The van der Waals surface area contributed by atoms with Gasteiger partial charge >= 0.3 is 16.3 Å². The van der Waals surface area contributed by atoms with Gasteiger partial charge in [0, 0.05) is 35.8 Å². The number of ether oxygens (including phenoxy) is 2. The highest BCUT2D eigenvalue weighted by Crippen LogP contribution is 2.57. The molecule has 4 aliphatic rings. The molecule has 0 radical (unpaired) electrons. The second-order valence-electron chi connectivity index (χ2n) is 18.7. The van der Waals surface area contributed by atoms with Crippen molar-refractivity contribution in [3.05, 3.63) is 47.9 Å². The van der Waals surface area contributed by atoms with Crippen LogP contribution in [-0.2, 0) is 44.8 Å². The molecule has 3 aromatic rings. The maximum Gasteiger partial charge on any atom is 0.362 e. The average Bonchev–Trinajstić information content (AvgIpc) is 3.89. The summed E-state index contributed by atoms with van der Waals surface area (Å²) in [6.07, 6.45) is 6.28. The fraction of sp³-hybridized carbons (Fsp3) is 0.600. The minimum absolute atomic E-state index is 0.133. The number of nitrogens with one attached hydrogen (secondary N) is 2. The highest BCUT2D eigenvalue weighted by molar-refractivity contribution is 7.85. The lowest BCUT2D eigenvalue weighted by Gasteiger charge is -2.35. The van der Waals surface area contributed by atoms with E-state index in [0.29, 0.717) is 48.3 Å². The number of methoxy groups -OCH3 is 1. The second kappa shape index (κ2) is 17.8. The lowest BCUT2D eigenvalue weighted by Crippen LogP contribution is -2.48. The maximum atomic E-state index is 14.9. The van der Waals surface area contributed by atoms with Crippen LogP contribution in [0.2, 0.25) is 0 Å². The van der Waals surface area contributed by atoms with Gasteiger partial charge in [0.25, 0.3) is 0 Å². The third-order valence-electron chi connectivity index (χ3n) is 12.5. The minimum atomic E-state index is -4.39. The summed E-state index contributed by atoms with van der Waals surface area (Å²) in [4.78, 5) is 68.2. The summed E-state index contributed by atoms with van der Waals surface area (Å²) < 4.78 is 44.0. The third-order valence-corrected chi connectivity index (χ3v) is 14.2. The van der Waals surface area contributed by atoms with Gasteiger partial charge in [-0.15, -0.1) is 17.9 Å². The summed E-state index contributed by atoms with van der Waals surface area (Å²) in [5.41, 5.74) is 1.04. The normalized spacial score (nSPS) is 23.5. The van der Waals surface area contributed by atoms with Crippen LogP contribution in [0.15, 0.2) is 42.3 Å². The van der Waals surface area contributed by atoms with Gasteiger partial charge in [0.1, 0.15) is 17.5 Å². The largest absolute Gasteiger partial charge is 0.497 e. The summed E-state index contributed by atoms with van der Waals surface area (Å²) in [7, 11) is -2.79. The number of benzene rings is 1. The number of carbonyl (C=O) groups excluding carboxylic acids is 4. The molecule has 7 rings (SSSR count). The first kappa shape index (κ1) is 44.6. The number of thiazole rings is 1. The van der Waals surface area contributed by atoms with Crippen LogP contribution in [0.1, 0.15) is 104 Å². The van der Waals surface area contributed by atoms with E-state index in [2.05, 4.69) is 16.6 Å². The Kier molecular flexibility index (Phi) is 13.0. The highest BCUT2D eigenvalue weighted by atomic mass is 32.2. The van der Waals surface area contributed by atoms with Crippen molar-refractivity contribution in [2.24, 2.45) is 28.6 Å². The van der Waals surface area contributed by atoms with Crippen LogP contribution in [0, 0.1) is 28.6 Å². The van der Waals surface area contributed by atoms with Crippen LogP contribution >= 0.6 is 11.3 Å². The number of carbonyl (C=O) groups is 4. The average molecular weight is 878 g/mol. The smallest absolute Gasteiger partial charge is 0.362 e. The number of Topliss-reactive ketones (excluding diaryl/α,β-unsaturated/α-hetero) is 1. The molecule has 2 amide bonds. The quantitative estimate of drug-likeness (QED) is 0.0972. The van der Waals surface area contributed by atoms with Crippen molar-refractivity contribution < 1.29 is 41.3 Å². The highest BCUT2D eigenvalue weighted by Gasteiger charge is 2.61. The Morgan fingerprint density at radius 2 is 1.79 bits per heavy atom. The van der Waals surface area contributed by atoms with Crippen molar-refractivity contribution in [2.45, 2.75) is 130 Å². The molecule has 3 aliphatic carbocycles. The molecule has 0 spiro atoms. The molecule has 330 valence electrons. The number of allylic oxidation sites excluding steroid dienone is 1. The predicted molar refractivity (Wildman–Crippen MR) is 233 cm³/mol. The Morgan fingerprint density at radius 1 is 1.05 bits per heavy atom. The van der Waals surface area contributed by atoms with Crippen molar-refractivity contribution in [3.8, 4) is 17.1 Å². The SMILES string of the molecule is C=C[C@@H]1C[C@]1(CC(=O)[C@@H]1C[C@@H](Cc2cc(-c3csc(NC(C)C)n3)nc3cc(OC)ccc23)CN1C(=O)[C@@H](CC(=O)OC1CCCC1)C(C)(C)C)C(=O)NS(=O)(=O)OC1CC1. The molecule has 1 saturated heterocycles. The fourth-order valence-corrected chi connectivity index (χ4v) is 10.8. The van der Waals surface area contributed by atoms with E-state index >= 15 is 0 Å². The van der Waals surface area contributed by atoms with Crippen LogP contribution in [0.5, 0.6) is 5.75 Å². The molecule has 3 heterocycles. The number of likely N-dealkylation sites (tertiary alicyclic amines) is 1. The van der Waals surface area contributed by atoms with E-state index in [-0.39, 0.29) is 55.6 Å². The third kappa shape index (κ3) is 10.5. The van der Waals surface area contributed by atoms with Crippen LogP contribution < -0.4 is 14.8 Å². The van der Waals surface area contributed by atoms with Gasteiger partial charge in [-0.3, -0.25) is 23.4 Å². The Labute approximate surface area is 362 Å². The number of aromatic nitrogens is 2. The fourth-order valence-electron chi connectivity index (χ4n) is 8.91. The molecule has 3 saturated carbocycles. The van der Waals surface area contributed by atoms with E-state index in [4.69, 9.17) is 23.6 Å². The van der Waals surface area contributed by atoms with Crippen molar-refractivity contribution >= 4 is 61.2 Å². The Morgan fingerprint density at radius 3 is 2.43 bits per heavy atom. The molecule has 1 aliphatic heterocycles. The van der Waals surface area contributed by atoms with Gasteiger partial charge in [-0.25, -0.2) is 14.7 Å². The molecule has 16 heteroatoms. The maximum absolute atomic E-state index is 14.9. The van der Waals surface area contributed by atoms with Crippen LogP contribution in [0.3, 0.4) is 0 Å². The summed E-state index contributed by atoms with van der Waals surface area (Å²) in [5.74, 6) is -2.73. The molecule has 0 unspecified atom stereocenters. The van der Waals surface area contributed by atoms with Gasteiger partial charge in [0.05, 0.1) is 48.2 Å². The first-order valence-electron chi connectivity index (χ1n) is 21.5. The molecule has 14 nitrogen and oxygen atoms in total. The number of hydrogen-bond donors (Lipinski definition) is 2. The van der Waals surface area contributed by atoms with Crippen LogP contribution in [0.25, 0.3) is 22.3 Å². The number of rotatable bonds is 18. The Hall–Kier alpha value is -4.41. The topological polar surface area (TPSA) is 183 Å². The standard InChI is InChI=1S/C45H59N5O9S2/c1-8-29-22-45(29,42(54)49-61(55,56)59-31-13-14-31)23-39(51)38-18-27(24-50(38)41(53)34(44(4,5)6)21-40(52)58-30-11-9-10-12-30)17-28-19-36(37-25-60-43(48-37)46-26(2)3)47-35-20-32(57-7)15-16-33(28)35/h8,15-16,19-20,25-27,29-31,34,38H,1,9-14,17-18,21-24H2,2-7H3,(H,46,48)(H,49,54)/t27-,29-,34-,38+,45-/m1/s1. The predicted octanol–water partition coefficient (Wildman–Crippen LogP) is 7.18. The van der Waals surface area contributed by atoms with E-state index in [1.807, 2.05) is 64.3 Å². The lowest BCUT2D eigenvalue weighted by molar-refractivity contribution is -0.156. The molecule has 2 N–H and O–H groups in total. The van der Waals surface area contributed by atoms with Crippen molar-refractivity contribution in [3.63, 3.8) is 0 Å². The first-order chi connectivity index (χ1) is 28.9. The molecule has 0 bridgehead atoms. The number of nitrogens with zero attached hydrogens (tertiary/aromatic N) is 3.